The second-order valence-corrected chi connectivity index (χ2v) is 4.89. The molecule has 0 fully saturated rings. The van der Waals surface area contributed by atoms with E-state index in [2.05, 4.69) is 5.32 Å². The smallest absolute Gasteiger partial charge is 0.256 e. The lowest BCUT2D eigenvalue weighted by Crippen LogP contribution is -2.11. The Hall–Kier alpha value is -1.65. The largest absolute Gasteiger partial charge is 0.399 e. The maximum Gasteiger partial charge on any atom is 0.256 e. The third-order valence-electron chi connectivity index (χ3n) is 2.60. The molecule has 0 unspecified atom stereocenters. The van der Waals surface area contributed by atoms with Crippen LogP contribution in [0.3, 0.4) is 0 Å². The molecular formula is C13H11ClN2OS. The van der Waals surface area contributed by atoms with Crippen molar-refractivity contribution in [2.45, 2.75) is 9.79 Å². The van der Waals surface area contributed by atoms with Crippen LogP contribution in [-0.4, -0.2) is 5.91 Å². The fourth-order valence-corrected chi connectivity index (χ4v) is 2.80. The van der Waals surface area contributed by atoms with Crippen LogP contribution in [0.15, 0.2) is 52.3 Å². The first kappa shape index (κ1) is 12.8. The van der Waals surface area contributed by atoms with E-state index < -0.39 is 0 Å². The predicted molar refractivity (Wildman–Crippen MR) is 76.6 cm³/mol. The molecule has 1 aliphatic heterocycles. The van der Waals surface area contributed by atoms with E-state index in [1.54, 1.807) is 17.8 Å². The topological polar surface area (TPSA) is 55.1 Å². The number of nitrogens with one attached hydrogen (secondary N) is 1. The zero-order chi connectivity index (χ0) is 11.8. The summed E-state index contributed by atoms with van der Waals surface area (Å²) in [4.78, 5) is 14.0. The number of carbonyl (C=O) groups is 1. The van der Waals surface area contributed by atoms with Gasteiger partial charge in [-0.3, -0.25) is 4.79 Å². The molecule has 0 aromatic heterocycles. The SMILES string of the molecule is Cl.Nc1ccc2c(c1)NC(=O)c1ccccc1S2. The van der Waals surface area contributed by atoms with Gasteiger partial charge in [0.2, 0.25) is 0 Å². The molecule has 2 aromatic carbocycles. The molecule has 0 spiro atoms. The van der Waals surface area contributed by atoms with Gasteiger partial charge < -0.3 is 11.1 Å². The fourth-order valence-electron chi connectivity index (χ4n) is 1.79. The summed E-state index contributed by atoms with van der Waals surface area (Å²) in [5, 5.41) is 2.88. The van der Waals surface area contributed by atoms with Gasteiger partial charge in [0, 0.05) is 15.5 Å². The highest BCUT2D eigenvalue weighted by molar-refractivity contribution is 7.99. The Morgan fingerprint density at radius 3 is 2.67 bits per heavy atom. The normalized spacial score (nSPS) is 12.6. The molecule has 1 amide bonds. The van der Waals surface area contributed by atoms with Crippen molar-refractivity contribution in [1.82, 2.24) is 0 Å². The van der Waals surface area contributed by atoms with Gasteiger partial charge in [-0.2, -0.15) is 0 Å². The van der Waals surface area contributed by atoms with Crippen molar-refractivity contribution in [2.75, 3.05) is 11.1 Å². The van der Waals surface area contributed by atoms with Crippen LogP contribution in [0.5, 0.6) is 0 Å². The number of hydrogen-bond donors (Lipinski definition) is 2. The highest BCUT2D eigenvalue weighted by Gasteiger charge is 2.19. The van der Waals surface area contributed by atoms with E-state index in [-0.39, 0.29) is 18.3 Å². The summed E-state index contributed by atoms with van der Waals surface area (Å²) >= 11 is 1.58. The Bertz CT molecular complexity index is 616. The number of benzene rings is 2. The number of hydrogen-bond acceptors (Lipinski definition) is 3. The van der Waals surface area contributed by atoms with Crippen LogP contribution in [0.25, 0.3) is 0 Å². The molecule has 3 rings (SSSR count). The number of anilines is 2. The standard InChI is InChI=1S/C13H10N2OS.ClH/c14-8-5-6-12-10(7-8)15-13(16)9-3-1-2-4-11(9)17-12;/h1-7H,14H2,(H,15,16);1H. The average molecular weight is 279 g/mol. The molecule has 92 valence electrons. The van der Waals surface area contributed by atoms with Gasteiger partial charge in [-0.1, -0.05) is 23.9 Å². The van der Waals surface area contributed by atoms with E-state index in [0.717, 1.165) is 15.5 Å². The number of halogens is 1. The van der Waals surface area contributed by atoms with Crippen molar-refractivity contribution in [1.29, 1.82) is 0 Å². The predicted octanol–water partition coefficient (Wildman–Crippen LogP) is 3.41. The summed E-state index contributed by atoms with van der Waals surface area (Å²) in [5.41, 5.74) is 7.85. The molecule has 3 nitrogen and oxygen atoms in total. The molecule has 0 saturated heterocycles. The first-order valence-corrected chi connectivity index (χ1v) is 6.03. The molecular weight excluding hydrogens is 268 g/mol. The molecule has 0 atom stereocenters. The highest BCUT2D eigenvalue weighted by Crippen LogP contribution is 2.39. The molecule has 1 aliphatic rings. The first-order valence-electron chi connectivity index (χ1n) is 5.22. The zero-order valence-electron chi connectivity index (χ0n) is 9.34. The second kappa shape index (κ2) is 4.92. The van der Waals surface area contributed by atoms with Crippen molar-refractivity contribution >= 4 is 41.5 Å². The lowest BCUT2D eigenvalue weighted by atomic mass is 10.2. The van der Waals surface area contributed by atoms with Crippen molar-refractivity contribution in [2.24, 2.45) is 0 Å². The highest BCUT2D eigenvalue weighted by atomic mass is 35.5. The van der Waals surface area contributed by atoms with E-state index in [4.69, 9.17) is 5.73 Å². The molecule has 0 saturated carbocycles. The summed E-state index contributed by atoms with van der Waals surface area (Å²) in [6, 6.07) is 13.1. The van der Waals surface area contributed by atoms with Crippen LogP contribution in [0.1, 0.15) is 10.4 Å². The summed E-state index contributed by atoms with van der Waals surface area (Å²) in [6.07, 6.45) is 0. The van der Waals surface area contributed by atoms with E-state index in [1.807, 2.05) is 36.4 Å². The minimum Gasteiger partial charge on any atom is -0.399 e. The maximum atomic E-state index is 12.0. The third kappa shape index (κ3) is 2.17. The van der Waals surface area contributed by atoms with E-state index in [0.29, 0.717) is 11.3 Å². The number of amides is 1. The first-order chi connectivity index (χ1) is 8.24. The quantitative estimate of drug-likeness (QED) is 0.726. The molecule has 2 aromatic rings. The number of fused-ring (bicyclic) bond motifs is 2. The number of nitrogens with two attached hydrogens (primary N) is 1. The van der Waals surface area contributed by atoms with Gasteiger partial charge >= 0.3 is 0 Å². The number of carbonyl (C=O) groups excluding carboxylic acids is 1. The van der Waals surface area contributed by atoms with Crippen molar-refractivity contribution < 1.29 is 4.79 Å². The number of nitrogen functional groups attached to an aromatic ring is 1. The van der Waals surface area contributed by atoms with Gasteiger partial charge in [-0.25, -0.2) is 0 Å². The van der Waals surface area contributed by atoms with Crippen LogP contribution in [0, 0.1) is 0 Å². The monoisotopic (exact) mass is 278 g/mol. The van der Waals surface area contributed by atoms with Gasteiger partial charge in [-0.05, 0) is 30.3 Å². The molecule has 1 heterocycles. The van der Waals surface area contributed by atoms with Gasteiger partial charge in [-0.15, -0.1) is 12.4 Å². The molecule has 0 aliphatic carbocycles. The Morgan fingerprint density at radius 1 is 1.06 bits per heavy atom. The summed E-state index contributed by atoms with van der Waals surface area (Å²) in [6.45, 7) is 0. The van der Waals surface area contributed by atoms with Crippen LogP contribution >= 0.6 is 24.2 Å². The van der Waals surface area contributed by atoms with Gasteiger partial charge in [0.25, 0.3) is 5.91 Å². The van der Waals surface area contributed by atoms with Crippen molar-refractivity contribution in [3.8, 4) is 0 Å². The van der Waals surface area contributed by atoms with Crippen molar-refractivity contribution in [3.63, 3.8) is 0 Å². The van der Waals surface area contributed by atoms with Crippen LogP contribution in [0.4, 0.5) is 11.4 Å². The second-order valence-electron chi connectivity index (χ2n) is 3.81. The van der Waals surface area contributed by atoms with E-state index >= 15 is 0 Å². The lowest BCUT2D eigenvalue weighted by molar-refractivity contribution is 0.102. The Balaban J connectivity index is 0.00000120. The summed E-state index contributed by atoms with van der Waals surface area (Å²) < 4.78 is 0. The van der Waals surface area contributed by atoms with Crippen LogP contribution in [-0.2, 0) is 0 Å². The van der Waals surface area contributed by atoms with Gasteiger partial charge in [0.05, 0.1) is 11.3 Å². The minimum absolute atomic E-state index is 0. The molecule has 5 heteroatoms. The van der Waals surface area contributed by atoms with Crippen LogP contribution in [0.2, 0.25) is 0 Å². The van der Waals surface area contributed by atoms with E-state index in [9.17, 15) is 4.79 Å². The zero-order valence-corrected chi connectivity index (χ0v) is 11.0. The lowest BCUT2D eigenvalue weighted by Gasteiger charge is -2.06. The Kier molecular flexibility index (Phi) is 3.50. The van der Waals surface area contributed by atoms with E-state index in [1.165, 1.54) is 0 Å². The van der Waals surface area contributed by atoms with Crippen molar-refractivity contribution in [3.05, 3.63) is 48.0 Å². The van der Waals surface area contributed by atoms with Gasteiger partial charge in [0.1, 0.15) is 0 Å². The van der Waals surface area contributed by atoms with Gasteiger partial charge in [0.15, 0.2) is 0 Å². The average Bonchev–Trinajstić information content (AvgIpc) is 2.46. The molecule has 0 bridgehead atoms. The maximum absolute atomic E-state index is 12.0. The summed E-state index contributed by atoms with van der Waals surface area (Å²) in [7, 11) is 0. The third-order valence-corrected chi connectivity index (χ3v) is 3.76. The Labute approximate surface area is 115 Å². The van der Waals surface area contributed by atoms with Crippen LogP contribution < -0.4 is 11.1 Å². The molecule has 3 N–H and O–H groups in total. The Morgan fingerprint density at radius 2 is 1.83 bits per heavy atom. The summed E-state index contributed by atoms with van der Waals surface area (Å²) in [5.74, 6) is -0.0857. The fraction of sp³-hybridized carbons (Fsp3) is 0. The minimum atomic E-state index is -0.0857. The molecule has 18 heavy (non-hydrogen) atoms. The molecule has 0 radical (unpaired) electrons. The number of rotatable bonds is 0.